The van der Waals surface area contributed by atoms with E-state index in [9.17, 15) is 10.5 Å². The van der Waals surface area contributed by atoms with Crippen molar-refractivity contribution in [1.82, 2.24) is 9.88 Å². The lowest BCUT2D eigenvalue weighted by atomic mass is 10.0. The third-order valence-corrected chi connectivity index (χ3v) is 4.55. The minimum Gasteiger partial charge on any atom is -0.373 e. The van der Waals surface area contributed by atoms with Crippen LogP contribution >= 0.6 is 0 Å². The Morgan fingerprint density at radius 2 is 2.04 bits per heavy atom. The number of pyridine rings is 1. The molecule has 2 rings (SSSR count). The number of aromatic nitrogens is 1. The van der Waals surface area contributed by atoms with Crippen molar-refractivity contribution in [3.05, 3.63) is 22.9 Å². The van der Waals surface area contributed by atoms with Gasteiger partial charge in [-0.2, -0.15) is 10.5 Å². The molecule has 0 amide bonds. The van der Waals surface area contributed by atoms with E-state index in [1.165, 1.54) is 0 Å². The van der Waals surface area contributed by atoms with Gasteiger partial charge in [-0.3, -0.25) is 0 Å². The fourth-order valence-electron chi connectivity index (χ4n) is 3.15. The molecular formula is C18H25N5O. The third kappa shape index (κ3) is 3.84. The molecular weight excluding hydrogens is 302 g/mol. The molecule has 1 aromatic rings. The number of hydrogen-bond donors (Lipinski definition) is 0. The van der Waals surface area contributed by atoms with E-state index in [1.54, 1.807) is 6.20 Å². The van der Waals surface area contributed by atoms with Gasteiger partial charge in [-0.15, -0.1) is 0 Å². The molecule has 1 fully saturated rings. The summed E-state index contributed by atoms with van der Waals surface area (Å²) in [6.07, 6.45) is 2.34. The molecule has 0 aliphatic carbocycles. The summed E-state index contributed by atoms with van der Waals surface area (Å²) >= 11 is 0. The van der Waals surface area contributed by atoms with Crippen LogP contribution < -0.4 is 4.90 Å². The van der Waals surface area contributed by atoms with Crippen molar-refractivity contribution in [2.45, 2.75) is 33.3 Å². The lowest BCUT2D eigenvalue weighted by Crippen LogP contribution is -2.48. The standard InChI is InChI=1S/C18H25N5O/c1-4-16-14(9-19)11-21-18(17(16)10-20)23-7-8-24-15(13-23)12-22(5-2)6-3/h11,15H,4-8,12-13H2,1-3H3/t15-/m1/s1. The molecule has 0 saturated carbocycles. The molecule has 6 nitrogen and oxygen atoms in total. The van der Waals surface area contributed by atoms with Gasteiger partial charge in [-0.1, -0.05) is 20.8 Å². The fourth-order valence-corrected chi connectivity index (χ4v) is 3.15. The maximum Gasteiger partial charge on any atom is 0.147 e. The van der Waals surface area contributed by atoms with Gasteiger partial charge >= 0.3 is 0 Å². The number of nitrogens with zero attached hydrogens (tertiary/aromatic N) is 5. The molecule has 24 heavy (non-hydrogen) atoms. The summed E-state index contributed by atoms with van der Waals surface area (Å²) < 4.78 is 5.89. The predicted molar refractivity (Wildman–Crippen MR) is 92.8 cm³/mol. The number of hydrogen-bond acceptors (Lipinski definition) is 6. The summed E-state index contributed by atoms with van der Waals surface area (Å²) in [5.41, 5.74) is 1.81. The second-order valence-corrected chi connectivity index (χ2v) is 5.85. The molecule has 1 atom stereocenters. The van der Waals surface area contributed by atoms with Gasteiger partial charge < -0.3 is 14.5 Å². The van der Waals surface area contributed by atoms with Crippen molar-refractivity contribution in [2.75, 3.05) is 44.2 Å². The van der Waals surface area contributed by atoms with E-state index in [-0.39, 0.29) is 6.10 Å². The number of anilines is 1. The fraction of sp³-hybridized carbons (Fsp3) is 0.611. The molecule has 1 aliphatic heterocycles. The van der Waals surface area contributed by atoms with Crippen molar-refractivity contribution in [3.8, 4) is 12.1 Å². The van der Waals surface area contributed by atoms with Crippen LogP contribution in [0.3, 0.4) is 0 Å². The zero-order valence-corrected chi connectivity index (χ0v) is 14.7. The van der Waals surface area contributed by atoms with Crippen LogP contribution in [0.2, 0.25) is 0 Å². The molecule has 0 unspecified atom stereocenters. The van der Waals surface area contributed by atoms with Crippen LogP contribution in [0.1, 0.15) is 37.5 Å². The monoisotopic (exact) mass is 327 g/mol. The Kier molecular flexibility index (Phi) is 6.54. The Balaban J connectivity index is 2.25. The second kappa shape index (κ2) is 8.63. The lowest BCUT2D eigenvalue weighted by Gasteiger charge is -2.36. The molecule has 1 aromatic heterocycles. The molecule has 0 bridgehead atoms. The summed E-state index contributed by atoms with van der Waals surface area (Å²) in [6.45, 7) is 11.2. The second-order valence-electron chi connectivity index (χ2n) is 5.85. The summed E-state index contributed by atoms with van der Waals surface area (Å²) in [5.74, 6) is 0.682. The van der Waals surface area contributed by atoms with Gasteiger partial charge in [0.15, 0.2) is 0 Å². The van der Waals surface area contributed by atoms with E-state index in [0.717, 1.165) is 25.2 Å². The zero-order valence-electron chi connectivity index (χ0n) is 14.7. The van der Waals surface area contributed by atoms with E-state index in [2.05, 4.69) is 40.8 Å². The average molecular weight is 327 g/mol. The highest BCUT2D eigenvalue weighted by atomic mass is 16.5. The highest BCUT2D eigenvalue weighted by Gasteiger charge is 2.26. The van der Waals surface area contributed by atoms with Gasteiger partial charge in [0, 0.05) is 25.8 Å². The summed E-state index contributed by atoms with van der Waals surface area (Å²) in [7, 11) is 0. The smallest absolute Gasteiger partial charge is 0.147 e. The Morgan fingerprint density at radius 1 is 1.29 bits per heavy atom. The van der Waals surface area contributed by atoms with Gasteiger partial charge in [0.1, 0.15) is 18.0 Å². The largest absolute Gasteiger partial charge is 0.373 e. The van der Waals surface area contributed by atoms with Crippen LogP contribution in [0.4, 0.5) is 5.82 Å². The molecule has 0 spiro atoms. The van der Waals surface area contributed by atoms with Crippen molar-refractivity contribution in [2.24, 2.45) is 0 Å². The Morgan fingerprint density at radius 3 is 2.62 bits per heavy atom. The van der Waals surface area contributed by atoms with Crippen LogP contribution in [0.25, 0.3) is 0 Å². The maximum absolute atomic E-state index is 9.60. The van der Waals surface area contributed by atoms with Gasteiger partial charge in [0.05, 0.1) is 23.8 Å². The number of ether oxygens (including phenoxy) is 1. The van der Waals surface area contributed by atoms with Gasteiger partial charge in [0.2, 0.25) is 0 Å². The molecule has 128 valence electrons. The zero-order chi connectivity index (χ0) is 17.5. The first kappa shape index (κ1) is 18.2. The van der Waals surface area contributed by atoms with Gasteiger partial charge in [-0.25, -0.2) is 4.98 Å². The maximum atomic E-state index is 9.60. The van der Waals surface area contributed by atoms with E-state index >= 15 is 0 Å². The first-order valence-electron chi connectivity index (χ1n) is 8.59. The van der Waals surface area contributed by atoms with Crippen LogP contribution in [0, 0.1) is 22.7 Å². The summed E-state index contributed by atoms with van der Waals surface area (Å²) in [6, 6.07) is 4.40. The molecule has 1 aliphatic rings. The summed E-state index contributed by atoms with van der Waals surface area (Å²) in [4.78, 5) is 8.88. The molecule has 6 heteroatoms. The summed E-state index contributed by atoms with van der Waals surface area (Å²) in [5, 5.41) is 18.8. The first-order chi connectivity index (χ1) is 11.7. The van der Waals surface area contributed by atoms with E-state index < -0.39 is 0 Å². The third-order valence-electron chi connectivity index (χ3n) is 4.55. The molecule has 0 N–H and O–H groups in total. The topological polar surface area (TPSA) is 76.2 Å². The Labute approximate surface area is 144 Å². The Hall–Kier alpha value is -2.15. The quantitative estimate of drug-likeness (QED) is 0.795. The van der Waals surface area contributed by atoms with Crippen molar-refractivity contribution < 1.29 is 4.74 Å². The predicted octanol–water partition coefficient (Wildman–Crippen LogP) is 1.93. The van der Waals surface area contributed by atoms with Crippen LogP contribution in [0.15, 0.2) is 6.20 Å². The minimum atomic E-state index is 0.104. The normalized spacial score (nSPS) is 17.6. The van der Waals surface area contributed by atoms with Crippen molar-refractivity contribution in [1.29, 1.82) is 10.5 Å². The van der Waals surface area contributed by atoms with E-state index in [4.69, 9.17) is 4.74 Å². The number of nitriles is 2. The average Bonchev–Trinajstić information content (AvgIpc) is 2.64. The van der Waals surface area contributed by atoms with Gasteiger partial charge in [0.25, 0.3) is 0 Å². The number of morpholine rings is 1. The van der Waals surface area contributed by atoms with Crippen molar-refractivity contribution >= 4 is 5.82 Å². The molecule has 0 radical (unpaired) electrons. The van der Waals surface area contributed by atoms with Crippen LogP contribution in [-0.4, -0.2) is 55.3 Å². The minimum absolute atomic E-state index is 0.104. The highest BCUT2D eigenvalue weighted by Crippen LogP contribution is 2.25. The van der Waals surface area contributed by atoms with Gasteiger partial charge in [-0.05, 0) is 25.1 Å². The molecule has 0 aromatic carbocycles. The highest BCUT2D eigenvalue weighted by molar-refractivity contribution is 5.61. The first-order valence-corrected chi connectivity index (χ1v) is 8.59. The van der Waals surface area contributed by atoms with Crippen LogP contribution in [0.5, 0.6) is 0 Å². The van der Waals surface area contributed by atoms with Crippen LogP contribution in [-0.2, 0) is 11.2 Å². The number of rotatable bonds is 6. The SMILES string of the molecule is CCc1c(C#N)cnc(N2CCO[C@H](CN(CC)CC)C2)c1C#N. The van der Waals surface area contributed by atoms with E-state index in [1.807, 2.05) is 6.92 Å². The van der Waals surface area contributed by atoms with Crippen molar-refractivity contribution in [3.63, 3.8) is 0 Å². The molecule has 1 saturated heterocycles. The number of likely N-dealkylation sites (N-methyl/N-ethyl adjacent to an activating group) is 1. The molecule has 2 heterocycles. The lowest BCUT2D eigenvalue weighted by molar-refractivity contribution is 0.0174. The Bertz CT molecular complexity index is 642. The van der Waals surface area contributed by atoms with E-state index in [0.29, 0.717) is 43.1 Å².